The lowest BCUT2D eigenvalue weighted by Gasteiger charge is -2.18. The van der Waals surface area contributed by atoms with E-state index in [4.69, 9.17) is 5.11 Å². The molecule has 0 aliphatic heterocycles. The van der Waals surface area contributed by atoms with E-state index in [0.717, 1.165) is 25.1 Å². The molecule has 1 aliphatic rings. The van der Waals surface area contributed by atoms with Gasteiger partial charge >= 0.3 is 5.97 Å². The summed E-state index contributed by atoms with van der Waals surface area (Å²) in [5.41, 5.74) is 1.10. The molecule has 5 nitrogen and oxygen atoms in total. The molecule has 0 bridgehead atoms. The van der Waals surface area contributed by atoms with Crippen molar-refractivity contribution in [3.63, 3.8) is 0 Å². The van der Waals surface area contributed by atoms with E-state index in [2.05, 4.69) is 12.0 Å². The van der Waals surface area contributed by atoms with Crippen LogP contribution < -0.4 is 0 Å². The van der Waals surface area contributed by atoms with Gasteiger partial charge in [0.2, 0.25) is 0 Å². The van der Waals surface area contributed by atoms with Gasteiger partial charge in [0.25, 0.3) is 0 Å². The third-order valence-corrected chi connectivity index (χ3v) is 3.12. The van der Waals surface area contributed by atoms with Crippen molar-refractivity contribution in [3.8, 4) is 0 Å². The predicted molar refractivity (Wildman–Crippen MR) is 68.2 cm³/mol. The van der Waals surface area contributed by atoms with Gasteiger partial charge in [0.1, 0.15) is 0 Å². The number of hydrogen-bond donors (Lipinski definition) is 1. The molecular weight excluding hydrogens is 230 g/mol. The topological polar surface area (TPSA) is 58.4 Å². The second-order valence-corrected chi connectivity index (χ2v) is 5.12. The molecule has 0 spiro atoms. The van der Waals surface area contributed by atoms with Crippen LogP contribution in [0.4, 0.5) is 0 Å². The van der Waals surface area contributed by atoms with Gasteiger partial charge in [0.15, 0.2) is 0 Å². The third kappa shape index (κ3) is 4.14. The standard InChI is InChI=1S/C13H21N3O2/c1-2-5-16-9-12(6-14-16)8-15(10-13(17)18)7-11-3-4-11/h6,9,11H,2-5,7-8,10H2,1H3,(H,17,18). The van der Waals surface area contributed by atoms with Crippen molar-refractivity contribution in [2.45, 2.75) is 39.3 Å². The Morgan fingerprint density at radius 3 is 3.00 bits per heavy atom. The van der Waals surface area contributed by atoms with Gasteiger partial charge in [0, 0.05) is 31.4 Å². The van der Waals surface area contributed by atoms with E-state index in [1.165, 1.54) is 12.8 Å². The molecule has 2 rings (SSSR count). The van der Waals surface area contributed by atoms with E-state index in [1.807, 2.05) is 22.0 Å². The number of carboxylic acids is 1. The second-order valence-electron chi connectivity index (χ2n) is 5.12. The monoisotopic (exact) mass is 251 g/mol. The minimum atomic E-state index is -0.753. The highest BCUT2D eigenvalue weighted by Gasteiger charge is 2.25. The summed E-state index contributed by atoms with van der Waals surface area (Å²) in [4.78, 5) is 12.9. The summed E-state index contributed by atoms with van der Waals surface area (Å²) in [6, 6.07) is 0. The predicted octanol–water partition coefficient (Wildman–Crippen LogP) is 1.59. The number of rotatable bonds is 8. The van der Waals surface area contributed by atoms with Crippen LogP contribution in [0, 0.1) is 5.92 Å². The van der Waals surface area contributed by atoms with E-state index in [-0.39, 0.29) is 6.54 Å². The molecule has 1 aromatic rings. The SMILES string of the molecule is CCCn1cc(CN(CC(=O)O)CC2CC2)cn1. The Morgan fingerprint density at radius 1 is 1.61 bits per heavy atom. The lowest BCUT2D eigenvalue weighted by atomic mass is 10.3. The number of carboxylic acid groups (broad SMARTS) is 1. The molecular formula is C13H21N3O2. The molecule has 1 saturated carbocycles. The van der Waals surface area contributed by atoms with Gasteiger partial charge in [-0.15, -0.1) is 0 Å². The molecule has 0 amide bonds. The van der Waals surface area contributed by atoms with Gasteiger partial charge in [-0.25, -0.2) is 0 Å². The summed E-state index contributed by atoms with van der Waals surface area (Å²) in [5.74, 6) is -0.0494. The second kappa shape index (κ2) is 6.00. The number of carbonyl (C=O) groups is 1. The molecule has 18 heavy (non-hydrogen) atoms. The highest BCUT2D eigenvalue weighted by atomic mass is 16.4. The smallest absolute Gasteiger partial charge is 0.317 e. The van der Waals surface area contributed by atoms with Gasteiger partial charge < -0.3 is 5.11 Å². The van der Waals surface area contributed by atoms with Crippen LogP contribution in [-0.2, 0) is 17.9 Å². The molecule has 0 atom stereocenters. The Hall–Kier alpha value is -1.36. The van der Waals surface area contributed by atoms with Crippen molar-refractivity contribution < 1.29 is 9.90 Å². The van der Waals surface area contributed by atoms with Gasteiger partial charge in [-0.2, -0.15) is 5.10 Å². The highest BCUT2D eigenvalue weighted by molar-refractivity contribution is 5.69. The Bertz CT molecular complexity index is 399. The van der Waals surface area contributed by atoms with E-state index in [0.29, 0.717) is 12.5 Å². The fourth-order valence-corrected chi connectivity index (χ4v) is 2.14. The van der Waals surface area contributed by atoms with Crippen molar-refractivity contribution in [1.82, 2.24) is 14.7 Å². The third-order valence-electron chi connectivity index (χ3n) is 3.12. The summed E-state index contributed by atoms with van der Waals surface area (Å²) >= 11 is 0. The zero-order valence-electron chi connectivity index (χ0n) is 10.9. The van der Waals surface area contributed by atoms with Crippen molar-refractivity contribution in [2.75, 3.05) is 13.1 Å². The number of aliphatic carboxylic acids is 1. The van der Waals surface area contributed by atoms with Crippen molar-refractivity contribution >= 4 is 5.97 Å². The molecule has 0 aromatic carbocycles. The summed E-state index contributed by atoms with van der Waals surface area (Å²) in [6.45, 7) is 4.74. The van der Waals surface area contributed by atoms with Crippen molar-refractivity contribution in [1.29, 1.82) is 0 Å². The first-order chi connectivity index (χ1) is 8.67. The van der Waals surface area contributed by atoms with E-state index in [1.54, 1.807) is 0 Å². The first-order valence-corrected chi connectivity index (χ1v) is 6.63. The Morgan fingerprint density at radius 2 is 2.39 bits per heavy atom. The quantitative estimate of drug-likeness (QED) is 0.762. The van der Waals surface area contributed by atoms with Crippen LogP contribution in [0.3, 0.4) is 0 Å². The molecule has 1 aliphatic carbocycles. The maximum Gasteiger partial charge on any atom is 0.317 e. The Labute approximate surface area is 107 Å². The zero-order valence-corrected chi connectivity index (χ0v) is 10.9. The van der Waals surface area contributed by atoms with Crippen LogP contribution in [0.5, 0.6) is 0 Å². The summed E-state index contributed by atoms with van der Waals surface area (Å²) in [5, 5.41) is 13.2. The number of nitrogens with zero attached hydrogens (tertiary/aromatic N) is 3. The maximum atomic E-state index is 10.8. The molecule has 1 aromatic heterocycles. The summed E-state index contributed by atoms with van der Waals surface area (Å²) in [6.07, 6.45) is 7.40. The van der Waals surface area contributed by atoms with E-state index >= 15 is 0 Å². The van der Waals surface area contributed by atoms with Crippen molar-refractivity contribution in [3.05, 3.63) is 18.0 Å². The Balaban J connectivity index is 1.90. The molecule has 1 N–H and O–H groups in total. The summed E-state index contributed by atoms with van der Waals surface area (Å²) < 4.78 is 1.92. The molecule has 1 heterocycles. The van der Waals surface area contributed by atoms with Crippen LogP contribution in [0.1, 0.15) is 31.7 Å². The van der Waals surface area contributed by atoms with Crippen LogP contribution >= 0.6 is 0 Å². The lowest BCUT2D eigenvalue weighted by Crippen LogP contribution is -2.31. The van der Waals surface area contributed by atoms with Gasteiger partial charge in [-0.05, 0) is 25.2 Å². The minimum absolute atomic E-state index is 0.120. The minimum Gasteiger partial charge on any atom is -0.480 e. The summed E-state index contributed by atoms with van der Waals surface area (Å²) in [7, 11) is 0. The van der Waals surface area contributed by atoms with Gasteiger partial charge in [0.05, 0.1) is 12.7 Å². The van der Waals surface area contributed by atoms with Gasteiger partial charge in [-0.1, -0.05) is 6.92 Å². The first kappa shape index (κ1) is 13.1. The average Bonchev–Trinajstić information content (AvgIpc) is 2.99. The number of aryl methyl sites for hydroxylation is 1. The van der Waals surface area contributed by atoms with Crippen LogP contribution in [0.15, 0.2) is 12.4 Å². The maximum absolute atomic E-state index is 10.8. The Kier molecular flexibility index (Phi) is 4.36. The van der Waals surface area contributed by atoms with E-state index in [9.17, 15) is 4.79 Å². The lowest BCUT2D eigenvalue weighted by molar-refractivity contribution is -0.138. The normalized spacial score (nSPS) is 15.2. The molecule has 1 fully saturated rings. The van der Waals surface area contributed by atoms with Gasteiger partial charge in [-0.3, -0.25) is 14.4 Å². The fraction of sp³-hybridized carbons (Fsp3) is 0.692. The molecule has 0 radical (unpaired) electrons. The van der Waals surface area contributed by atoms with E-state index < -0.39 is 5.97 Å². The number of aromatic nitrogens is 2. The average molecular weight is 251 g/mol. The van der Waals surface area contributed by atoms with Crippen LogP contribution in [0.2, 0.25) is 0 Å². The molecule has 100 valence electrons. The molecule has 0 saturated heterocycles. The largest absolute Gasteiger partial charge is 0.480 e. The van der Waals surface area contributed by atoms with Crippen LogP contribution in [0.25, 0.3) is 0 Å². The first-order valence-electron chi connectivity index (χ1n) is 6.63. The molecule has 0 unspecified atom stereocenters. The number of hydrogen-bond acceptors (Lipinski definition) is 3. The highest BCUT2D eigenvalue weighted by Crippen LogP contribution is 2.30. The van der Waals surface area contributed by atoms with Crippen LogP contribution in [-0.4, -0.2) is 38.8 Å². The zero-order chi connectivity index (χ0) is 13.0. The fourth-order valence-electron chi connectivity index (χ4n) is 2.14. The molecule has 5 heteroatoms. The van der Waals surface area contributed by atoms with Crippen molar-refractivity contribution in [2.24, 2.45) is 5.92 Å².